The molecule has 1 rings (SSSR count). The quantitative estimate of drug-likeness (QED) is 0.133. The Labute approximate surface area is 201 Å². The van der Waals surface area contributed by atoms with E-state index in [4.69, 9.17) is 14.6 Å². The zero-order chi connectivity index (χ0) is 24.8. The fourth-order valence-electron chi connectivity index (χ4n) is 4.24. The van der Waals surface area contributed by atoms with E-state index in [-0.39, 0.29) is 12.4 Å². The van der Waals surface area contributed by atoms with E-state index in [9.17, 15) is 15.0 Å². The highest BCUT2D eigenvalue weighted by Gasteiger charge is 2.40. The molecular weight excluding hydrogens is 420 g/mol. The number of carbonyl (C=O) groups is 1. The van der Waals surface area contributed by atoms with E-state index in [1.807, 2.05) is 0 Å². The Morgan fingerprint density at radius 2 is 1.61 bits per heavy atom. The van der Waals surface area contributed by atoms with Crippen molar-refractivity contribution in [1.29, 1.82) is 0 Å². The van der Waals surface area contributed by atoms with E-state index in [2.05, 4.69) is 40.7 Å². The molecule has 0 aromatic carbocycles. The predicted molar refractivity (Wildman–Crippen MR) is 132 cm³/mol. The number of allylic oxidation sites excluding steroid dienone is 1. The van der Waals surface area contributed by atoms with Crippen molar-refractivity contribution >= 4 is 5.97 Å². The molecule has 1 aliphatic heterocycles. The monoisotopic (exact) mass is 468 g/mol. The Balaban J connectivity index is 2.19. The smallest absolute Gasteiger partial charge is 0.378 e. The highest BCUT2D eigenvalue weighted by Crippen LogP contribution is 2.25. The second-order valence-corrected chi connectivity index (χ2v) is 10.3. The average molecular weight is 469 g/mol. The van der Waals surface area contributed by atoms with Gasteiger partial charge in [0.2, 0.25) is 5.76 Å². The van der Waals surface area contributed by atoms with Crippen LogP contribution in [0.1, 0.15) is 98.8 Å². The second-order valence-electron chi connectivity index (χ2n) is 10.3. The molecule has 0 radical (unpaired) electrons. The summed E-state index contributed by atoms with van der Waals surface area (Å²) in [6.45, 7) is 11.1. The highest BCUT2D eigenvalue weighted by atomic mass is 16.6. The molecule has 0 saturated heterocycles. The molecule has 0 spiro atoms. The summed E-state index contributed by atoms with van der Waals surface area (Å²) in [4.78, 5) is 11.5. The summed E-state index contributed by atoms with van der Waals surface area (Å²) in [5, 5.41) is 28.5. The molecule has 4 atom stereocenters. The number of carbonyl (C=O) groups excluding carboxylic acids is 1. The number of aliphatic hydroxyl groups is 3. The summed E-state index contributed by atoms with van der Waals surface area (Å²) >= 11 is 0. The molecule has 0 bridgehead atoms. The van der Waals surface area contributed by atoms with E-state index in [1.54, 1.807) is 0 Å². The van der Waals surface area contributed by atoms with Crippen LogP contribution in [0.15, 0.2) is 23.2 Å². The molecule has 0 aromatic rings. The fourth-order valence-corrected chi connectivity index (χ4v) is 4.24. The van der Waals surface area contributed by atoms with Gasteiger partial charge < -0.3 is 24.8 Å². The van der Waals surface area contributed by atoms with Crippen LogP contribution in [-0.4, -0.2) is 46.7 Å². The number of rotatable bonds is 18. The van der Waals surface area contributed by atoms with Crippen LogP contribution in [0.3, 0.4) is 0 Å². The van der Waals surface area contributed by atoms with Gasteiger partial charge in [-0.1, -0.05) is 84.3 Å². The van der Waals surface area contributed by atoms with Gasteiger partial charge in [-0.25, -0.2) is 4.79 Å². The molecule has 192 valence electrons. The number of hydrogen-bond donors (Lipinski definition) is 3. The predicted octanol–water partition coefficient (Wildman–Crippen LogP) is 5.83. The van der Waals surface area contributed by atoms with Crippen LogP contribution in [0, 0.1) is 17.8 Å². The van der Waals surface area contributed by atoms with Crippen LogP contribution in [-0.2, 0) is 14.3 Å². The van der Waals surface area contributed by atoms with Gasteiger partial charge in [-0.2, -0.15) is 0 Å². The molecule has 0 fully saturated rings. The standard InChI is InChI=1S/C27H48O6/c1-19(2)10-6-11-20(3)12-7-13-21(4)14-8-15-22(5)16-9-17-32-26-24(30)27(31)33-25(26)23(29)18-28/h16,19-21,23,25,28-30H,6-15,17-18H2,1-5H3. The normalized spacial score (nSPS) is 19.7. The molecule has 0 amide bonds. The molecule has 0 saturated carbocycles. The third-order valence-corrected chi connectivity index (χ3v) is 6.46. The van der Waals surface area contributed by atoms with Crippen molar-refractivity contribution < 1.29 is 29.6 Å². The lowest BCUT2D eigenvalue weighted by atomic mass is 9.91. The molecule has 3 N–H and O–H groups in total. The second kappa shape index (κ2) is 16.2. The van der Waals surface area contributed by atoms with Crippen molar-refractivity contribution in [3.63, 3.8) is 0 Å². The lowest BCUT2D eigenvalue weighted by Crippen LogP contribution is -2.32. The first-order valence-electron chi connectivity index (χ1n) is 12.9. The molecule has 33 heavy (non-hydrogen) atoms. The van der Waals surface area contributed by atoms with E-state index >= 15 is 0 Å². The lowest BCUT2D eigenvalue weighted by molar-refractivity contribution is -0.148. The van der Waals surface area contributed by atoms with Crippen LogP contribution >= 0.6 is 0 Å². The molecule has 6 nitrogen and oxygen atoms in total. The van der Waals surface area contributed by atoms with Crippen molar-refractivity contribution in [3.8, 4) is 0 Å². The van der Waals surface area contributed by atoms with Crippen LogP contribution in [0.4, 0.5) is 0 Å². The minimum atomic E-state index is -1.32. The lowest BCUT2D eigenvalue weighted by Gasteiger charge is -2.18. The van der Waals surface area contributed by atoms with E-state index in [0.717, 1.165) is 24.2 Å². The van der Waals surface area contributed by atoms with E-state index in [1.165, 1.54) is 56.9 Å². The number of cyclic esters (lactones) is 1. The van der Waals surface area contributed by atoms with Gasteiger partial charge >= 0.3 is 5.97 Å². The summed E-state index contributed by atoms with van der Waals surface area (Å²) in [5.74, 6) is 0.747. The molecular formula is C27H48O6. The summed E-state index contributed by atoms with van der Waals surface area (Å²) < 4.78 is 10.3. The zero-order valence-corrected chi connectivity index (χ0v) is 21.5. The summed E-state index contributed by atoms with van der Waals surface area (Å²) in [7, 11) is 0. The average Bonchev–Trinajstić information content (AvgIpc) is 3.04. The first kappa shape index (κ1) is 29.5. The van der Waals surface area contributed by atoms with Gasteiger partial charge in [0.25, 0.3) is 0 Å². The largest absolute Gasteiger partial charge is 0.499 e. The topological polar surface area (TPSA) is 96.2 Å². The van der Waals surface area contributed by atoms with Crippen molar-refractivity contribution in [2.75, 3.05) is 13.2 Å². The molecule has 6 heteroatoms. The first-order valence-corrected chi connectivity index (χ1v) is 12.9. The third kappa shape index (κ3) is 11.9. The Morgan fingerprint density at radius 1 is 1.03 bits per heavy atom. The van der Waals surface area contributed by atoms with Crippen LogP contribution in [0.2, 0.25) is 0 Å². The maximum absolute atomic E-state index is 11.5. The van der Waals surface area contributed by atoms with Crippen molar-refractivity contribution in [2.24, 2.45) is 17.8 Å². The highest BCUT2D eigenvalue weighted by molar-refractivity contribution is 5.89. The molecule has 1 aliphatic rings. The number of ether oxygens (including phenoxy) is 2. The summed E-state index contributed by atoms with van der Waals surface area (Å²) in [5.41, 5.74) is 1.30. The van der Waals surface area contributed by atoms with Gasteiger partial charge in [-0.05, 0) is 43.9 Å². The van der Waals surface area contributed by atoms with Crippen LogP contribution in [0.5, 0.6) is 0 Å². The number of hydrogen-bond acceptors (Lipinski definition) is 6. The minimum absolute atomic E-state index is 0.101. The molecule has 4 unspecified atom stereocenters. The van der Waals surface area contributed by atoms with Crippen molar-refractivity contribution in [3.05, 3.63) is 23.2 Å². The van der Waals surface area contributed by atoms with Gasteiger partial charge in [0.1, 0.15) is 6.10 Å². The SMILES string of the molecule is CC(=CCCOC1=C(O)C(=O)OC1C(O)CO)CCCC(C)CCCC(C)CCCC(C)C. The number of esters is 1. The van der Waals surface area contributed by atoms with Crippen LogP contribution < -0.4 is 0 Å². The Morgan fingerprint density at radius 3 is 2.18 bits per heavy atom. The Bertz CT molecular complexity index is 624. The van der Waals surface area contributed by atoms with E-state index < -0.39 is 30.5 Å². The minimum Gasteiger partial charge on any atom is -0.499 e. The van der Waals surface area contributed by atoms with Gasteiger partial charge in [-0.3, -0.25) is 0 Å². The van der Waals surface area contributed by atoms with Gasteiger partial charge in [0.15, 0.2) is 11.9 Å². The maximum Gasteiger partial charge on any atom is 0.378 e. The van der Waals surface area contributed by atoms with Crippen LogP contribution in [0.25, 0.3) is 0 Å². The Hall–Kier alpha value is -1.53. The van der Waals surface area contributed by atoms with Gasteiger partial charge in [0.05, 0.1) is 13.2 Å². The van der Waals surface area contributed by atoms with E-state index in [0.29, 0.717) is 6.42 Å². The summed E-state index contributed by atoms with van der Waals surface area (Å²) in [6.07, 6.45) is 11.8. The molecule has 1 heterocycles. The number of aliphatic hydroxyl groups excluding tert-OH is 3. The van der Waals surface area contributed by atoms with Gasteiger partial charge in [-0.15, -0.1) is 0 Å². The fraction of sp³-hybridized carbons (Fsp3) is 0.815. The zero-order valence-electron chi connectivity index (χ0n) is 21.5. The first-order chi connectivity index (χ1) is 15.6. The molecule has 0 aromatic heterocycles. The Kier molecular flexibility index (Phi) is 14.4. The van der Waals surface area contributed by atoms with Gasteiger partial charge in [0, 0.05) is 0 Å². The summed E-state index contributed by atoms with van der Waals surface area (Å²) in [6, 6.07) is 0. The van der Waals surface area contributed by atoms with Crippen molar-refractivity contribution in [1.82, 2.24) is 0 Å². The molecule has 0 aliphatic carbocycles. The maximum atomic E-state index is 11.5. The third-order valence-electron chi connectivity index (χ3n) is 6.46. The van der Waals surface area contributed by atoms with Crippen molar-refractivity contribution in [2.45, 2.75) is 111 Å².